The summed E-state index contributed by atoms with van der Waals surface area (Å²) < 4.78 is 4.82. The lowest BCUT2D eigenvalue weighted by Gasteiger charge is -2.28. The van der Waals surface area contributed by atoms with Gasteiger partial charge < -0.3 is 15.4 Å². The second kappa shape index (κ2) is 4.95. The van der Waals surface area contributed by atoms with Gasteiger partial charge >= 0.3 is 5.97 Å². The van der Waals surface area contributed by atoms with E-state index in [9.17, 15) is 9.59 Å². The monoisotopic (exact) mass is 200 g/mol. The third kappa shape index (κ3) is 2.99. The summed E-state index contributed by atoms with van der Waals surface area (Å²) >= 11 is 0. The van der Waals surface area contributed by atoms with Crippen LogP contribution in [0.4, 0.5) is 0 Å². The molecule has 0 spiro atoms. The Labute approximate surface area is 83.2 Å². The van der Waals surface area contributed by atoms with E-state index in [4.69, 9.17) is 4.74 Å². The fourth-order valence-corrected chi connectivity index (χ4v) is 1.42. The number of carbonyl (C=O) groups excluding carboxylic acids is 2. The summed E-state index contributed by atoms with van der Waals surface area (Å²) in [5, 5.41) is 5.76. The van der Waals surface area contributed by atoms with Crippen LogP contribution in [0, 0.1) is 0 Å². The Balaban J connectivity index is 2.32. The summed E-state index contributed by atoms with van der Waals surface area (Å²) in [4.78, 5) is 22.2. The summed E-state index contributed by atoms with van der Waals surface area (Å²) in [6, 6.07) is -0.245. The molecule has 5 nitrogen and oxygen atoms in total. The van der Waals surface area contributed by atoms with Crippen LogP contribution in [0.5, 0.6) is 0 Å². The fraction of sp³-hybridized carbons (Fsp3) is 0.778. The van der Waals surface area contributed by atoms with Crippen LogP contribution in [0.15, 0.2) is 0 Å². The van der Waals surface area contributed by atoms with Crippen molar-refractivity contribution in [1.82, 2.24) is 10.6 Å². The molecule has 1 fully saturated rings. The quantitative estimate of drug-likeness (QED) is 0.598. The van der Waals surface area contributed by atoms with Crippen molar-refractivity contribution < 1.29 is 14.3 Å². The highest BCUT2D eigenvalue weighted by Gasteiger charge is 2.25. The summed E-state index contributed by atoms with van der Waals surface area (Å²) in [7, 11) is 0. The van der Waals surface area contributed by atoms with E-state index in [2.05, 4.69) is 10.6 Å². The number of nitrogens with one attached hydrogen (secondary N) is 2. The maximum absolute atomic E-state index is 11.1. The molecule has 1 amide bonds. The molecule has 0 unspecified atom stereocenters. The van der Waals surface area contributed by atoms with Gasteiger partial charge in [0.25, 0.3) is 0 Å². The Morgan fingerprint density at radius 3 is 2.93 bits per heavy atom. The Morgan fingerprint density at radius 1 is 1.64 bits per heavy atom. The molecule has 0 aromatic heterocycles. The summed E-state index contributed by atoms with van der Waals surface area (Å²) in [6.45, 7) is 4.43. The molecule has 0 saturated carbocycles. The van der Waals surface area contributed by atoms with Crippen molar-refractivity contribution in [2.45, 2.75) is 32.4 Å². The zero-order valence-electron chi connectivity index (χ0n) is 8.50. The smallest absolute Gasteiger partial charge is 0.307 e. The van der Waals surface area contributed by atoms with Crippen molar-refractivity contribution in [3.05, 3.63) is 0 Å². The van der Waals surface area contributed by atoms with Crippen LogP contribution >= 0.6 is 0 Å². The highest BCUT2D eigenvalue weighted by Crippen LogP contribution is 2.01. The van der Waals surface area contributed by atoms with Gasteiger partial charge in [0.15, 0.2) is 0 Å². The number of ether oxygens (including phenoxy) is 1. The molecular formula is C9H16N2O3. The normalized spacial score (nSPS) is 26.9. The topological polar surface area (TPSA) is 67.4 Å². The van der Waals surface area contributed by atoms with Gasteiger partial charge in [-0.2, -0.15) is 0 Å². The second-order valence-electron chi connectivity index (χ2n) is 3.34. The van der Waals surface area contributed by atoms with Crippen molar-refractivity contribution in [1.29, 1.82) is 0 Å². The van der Waals surface area contributed by atoms with E-state index < -0.39 is 0 Å². The predicted octanol–water partition coefficient (Wildman–Crippen LogP) is -0.584. The largest absolute Gasteiger partial charge is 0.466 e. The van der Waals surface area contributed by atoms with Crippen molar-refractivity contribution in [3.63, 3.8) is 0 Å². The highest BCUT2D eigenvalue weighted by atomic mass is 16.5. The number of esters is 1. The Bertz CT molecular complexity index is 230. The SMILES string of the molecule is CCOC(=O)C[C@H]1CNC(=O)[C@H](C)N1. The van der Waals surface area contributed by atoms with Gasteiger partial charge in [0.2, 0.25) is 5.91 Å². The first-order valence-electron chi connectivity index (χ1n) is 4.83. The number of hydrogen-bond donors (Lipinski definition) is 2. The van der Waals surface area contributed by atoms with E-state index in [1.807, 2.05) is 0 Å². The predicted molar refractivity (Wildman–Crippen MR) is 50.6 cm³/mol. The molecule has 1 aliphatic heterocycles. The van der Waals surface area contributed by atoms with Crippen LogP contribution in [0.3, 0.4) is 0 Å². The zero-order chi connectivity index (χ0) is 10.6. The van der Waals surface area contributed by atoms with Gasteiger partial charge in [-0.3, -0.25) is 9.59 Å². The fourth-order valence-electron chi connectivity index (χ4n) is 1.42. The molecule has 1 aliphatic rings. The van der Waals surface area contributed by atoms with Crippen molar-refractivity contribution in [2.24, 2.45) is 0 Å². The van der Waals surface area contributed by atoms with Crippen LogP contribution in [0.25, 0.3) is 0 Å². The van der Waals surface area contributed by atoms with Gasteiger partial charge in [-0.25, -0.2) is 0 Å². The Hall–Kier alpha value is -1.10. The molecule has 2 atom stereocenters. The first-order valence-corrected chi connectivity index (χ1v) is 4.83. The minimum atomic E-state index is -0.233. The maximum Gasteiger partial charge on any atom is 0.307 e. The summed E-state index contributed by atoms with van der Waals surface area (Å²) in [5.74, 6) is -0.251. The second-order valence-corrected chi connectivity index (χ2v) is 3.34. The van der Waals surface area contributed by atoms with E-state index in [0.29, 0.717) is 19.6 Å². The van der Waals surface area contributed by atoms with Crippen molar-refractivity contribution in [2.75, 3.05) is 13.2 Å². The van der Waals surface area contributed by atoms with Crippen LogP contribution < -0.4 is 10.6 Å². The lowest BCUT2D eigenvalue weighted by Crippen LogP contribution is -2.57. The number of rotatable bonds is 3. The third-order valence-corrected chi connectivity index (χ3v) is 2.12. The van der Waals surface area contributed by atoms with Gasteiger partial charge in [0.1, 0.15) is 0 Å². The van der Waals surface area contributed by atoms with Gasteiger partial charge in [0.05, 0.1) is 19.1 Å². The number of piperazine rings is 1. The Morgan fingerprint density at radius 2 is 2.36 bits per heavy atom. The summed E-state index contributed by atoms with van der Waals surface area (Å²) in [5.41, 5.74) is 0. The summed E-state index contributed by atoms with van der Waals surface area (Å²) in [6.07, 6.45) is 0.304. The number of amides is 1. The molecule has 0 bridgehead atoms. The molecule has 80 valence electrons. The number of hydrogen-bond acceptors (Lipinski definition) is 4. The lowest BCUT2D eigenvalue weighted by molar-refractivity contribution is -0.144. The van der Waals surface area contributed by atoms with Crippen LogP contribution in [-0.2, 0) is 14.3 Å². The molecule has 1 saturated heterocycles. The molecule has 1 rings (SSSR count). The molecule has 14 heavy (non-hydrogen) atoms. The minimum absolute atomic E-state index is 0.0123. The molecule has 0 aromatic carbocycles. The van der Waals surface area contributed by atoms with Gasteiger partial charge in [-0.15, -0.1) is 0 Å². The maximum atomic E-state index is 11.1. The molecular weight excluding hydrogens is 184 g/mol. The van der Waals surface area contributed by atoms with E-state index in [1.54, 1.807) is 13.8 Å². The first-order chi connectivity index (χ1) is 6.63. The third-order valence-electron chi connectivity index (χ3n) is 2.12. The number of carbonyl (C=O) groups is 2. The first kappa shape index (κ1) is 11.0. The lowest BCUT2D eigenvalue weighted by atomic mass is 10.1. The molecule has 0 radical (unpaired) electrons. The van der Waals surface area contributed by atoms with Gasteiger partial charge in [-0.1, -0.05) is 0 Å². The van der Waals surface area contributed by atoms with Gasteiger partial charge in [-0.05, 0) is 13.8 Å². The van der Waals surface area contributed by atoms with Crippen LogP contribution in [-0.4, -0.2) is 37.1 Å². The van der Waals surface area contributed by atoms with E-state index in [-0.39, 0.29) is 24.0 Å². The molecule has 5 heteroatoms. The molecule has 1 heterocycles. The van der Waals surface area contributed by atoms with Crippen LogP contribution in [0.2, 0.25) is 0 Å². The van der Waals surface area contributed by atoms with Gasteiger partial charge in [0, 0.05) is 12.6 Å². The highest BCUT2D eigenvalue weighted by molar-refractivity contribution is 5.82. The molecule has 2 N–H and O–H groups in total. The van der Waals surface area contributed by atoms with Crippen LogP contribution in [0.1, 0.15) is 20.3 Å². The molecule has 0 aromatic rings. The van der Waals surface area contributed by atoms with Crippen molar-refractivity contribution in [3.8, 4) is 0 Å². The average Bonchev–Trinajstić information content (AvgIpc) is 2.12. The van der Waals surface area contributed by atoms with E-state index >= 15 is 0 Å². The minimum Gasteiger partial charge on any atom is -0.466 e. The van der Waals surface area contributed by atoms with E-state index in [1.165, 1.54) is 0 Å². The molecule has 0 aliphatic carbocycles. The zero-order valence-corrected chi connectivity index (χ0v) is 8.50. The van der Waals surface area contributed by atoms with Crippen molar-refractivity contribution >= 4 is 11.9 Å². The van der Waals surface area contributed by atoms with E-state index in [0.717, 1.165) is 0 Å². The Kier molecular flexibility index (Phi) is 3.88. The standard InChI is InChI=1S/C9H16N2O3/c1-3-14-8(12)4-7-5-10-9(13)6(2)11-7/h6-7,11H,3-5H2,1-2H3,(H,10,13)/t6-,7-/m0/s1. The average molecular weight is 200 g/mol.